The van der Waals surface area contributed by atoms with Crippen LogP contribution < -0.4 is 62.0 Å². The van der Waals surface area contributed by atoms with Crippen molar-refractivity contribution in [3.8, 4) is 0 Å². The van der Waals surface area contributed by atoms with E-state index in [1.165, 1.54) is 12.8 Å². The zero-order valence-electron chi connectivity index (χ0n) is 17.6. The van der Waals surface area contributed by atoms with E-state index in [1.807, 2.05) is 0 Å². The summed E-state index contributed by atoms with van der Waals surface area (Å²) in [7, 11) is 0. The molecule has 1 heterocycles. The van der Waals surface area contributed by atoms with Gasteiger partial charge in [0.05, 0.1) is 39.6 Å². The maximum absolute atomic E-state index is 11.0. The Morgan fingerprint density at radius 1 is 1.04 bits per heavy atom. The number of nitrogens with one attached hydrogen (secondary N) is 2. The second-order valence-electron chi connectivity index (χ2n) is 6.87. The Balaban J connectivity index is 0.00000676. The van der Waals surface area contributed by atoms with Crippen molar-refractivity contribution >= 4 is 5.91 Å². The second-order valence-corrected chi connectivity index (χ2v) is 6.87. The summed E-state index contributed by atoms with van der Waals surface area (Å²) in [5.74, 6) is -0.0569. The molecule has 0 spiro atoms. The topological polar surface area (TPSA) is 72.1 Å². The van der Waals surface area contributed by atoms with Gasteiger partial charge < -0.3 is 36.7 Å². The van der Waals surface area contributed by atoms with Gasteiger partial charge >= 0.3 is 51.4 Å². The minimum Gasteiger partial charge on any atom is -0.378 e. The van der Waals surface area contributed by atoms with Gasteiger partial charge in [0, 0.05) is 25.2 Å². The van der Waals surface area contributed by atoms with Crippen LogP contribution in [0.5, 0.6) is 0 Å². The largest absolute Gasteiger partial charge is 1.00 e. The van der Waals surface area contributed by atoms with Crippen LogP contribution in [0.3, 0.4) is 0 Å². The molecule has 154 valence electrons. The van der Waals surface area contributed by atoms with Gasteiger partial charge in [-0.25, -0.2) is 0 Å². The smallest absolute Gasteiger partial charge is 0.378 e. The van der Waals surface area contributed by atoms with Crippen molar-refractivity contribution in [2.24, 2.45) is 0 Å². The number of hydrogen-bond donors (Lipinski definition) is 2. The van der Waals surface area contributed by atoms with Gasteiger partial charge in [-0.1, -0.05) is 13.8 Å². The fourth-order valence-corrected chi connectivity index (χ4v) is 2.88. The number of likely N-dealkylation sites (tertiary alicyclic amines) is 1. The summed E-state index contributed by atoms with van der Waals surface area (Å²) < 4.78 is 16.4. The van der Waals surface area contributed by atoms with Crippen LogP contribution >= 0.6 is 0 Å². The van der Waals surface area contributed by atoms with Crippen LogP contribution in [0.4, 0.5) is 0 Å². The normalized spacial score (nSPS) is 15.7. The number of piperidine rings is 1. The molecule has 0 bridgehead atoms. The first-order chi connectivity index (χ1) is 12.6. The third kappa shape index (κ3) is 16.4. The van der Waals surface area contributed by atoms with Crippen molar-refractivity contribution in [1.29, 1.82) is 0 Å². The number of ether oxygens (including phenoxy) is 3. The van der Waals surface area contributed by atoms with Crippen molar-refractivity contribution in [2.75, 3.05) is 65.8 Å². The number of carbonyl (C=O) groups excluding carboxylic acids is 1. The van der Waals surface area contributed by atoms with E-state index in [9.17, 15) is 4.79 Å². The molecule has 7 nitrogen and oxygen atoms in total. The van der Waals surface area contributed by atoms with Gasteiger partial charge in [0.2, 0.25) is 0 Å². The first-order valence-corrected chi connectivity index (χ1v) is 9.89. The molecule has 1 saturated heterocycles. The Bertz CT molecular complexity index is 354. The van der Waals surface area contributed by atoms with Gasteiger partial charge in [-0.3, -0.25) is 4.79 Å². The molecule has 1 rings (SSSR count). The summed E-state index contributed by atoms with van der Waals surface area (Å²) in [6.45, 7) is 15.3. The predicted molar refractivity (Wildman–Crippen MR) is 103 cm³/mol. The standard InChI is InChI=1S/C19H38N3O4.K/c1-4-19(23)20-7-11-24-13-15-26-16-14-25-12-10-22-8-5-18(6-9-22)21-17(2)3;/h17-18,21H,1,4-16H2,2-3H3,(H,20,23);/q-1;+1. The van der Waals surface area contributed by atoms with Crippen molar-refractivity contribution < 1.29 is 70.4 Å². The molecule has 0 aromatic carbocycles. The SMILES string of the molecule is [CH2-]CC(=O)NCCOCCOCCOCCN1CCC(NC(C)C)CC1.[K+]. The first kappa shape index (κ1) is 27.9. The third-order valence-corrected chi connectivity index (χ3v) is 4.25. The second kappa shape index (κ2) is 18.9. The summed E-state index contributed by atoms with van der Waals surface area (Å²) in [5, 5.41) is 6.32. The molecule has 0 radical (unpaired) electrons. The van der Waals surface area contributed by atoms with Crippen LogP contribution in [0.1, 0.15) is 33.1 Å². The van der Waals surface area contributed by atoms with E-state index >= 15 is 0 Å². The minimum absolute atomic E-state index is 0. The van der Waals surface area contributed by atoms with Crippen molar-refractivity contribution in [3.63, 3.8) is 0 Å². The molecule has 1 amide bonds. The molecule has 0 aliphatic carbocycles. The summed E-state index contributed by atoms with van der Waals surface area (Å²) in [6.07, 6.45) is 2.71. The summed E-state index contributed by atoms with van der Waals surface area (Å²) in [6, 6.07) is 1.24. The van der Waals surface area contributed by atoms with E-state index in [0.717, 1.165) is 26.2 Å². The fraction of sp³-hybridized carbons (Fsp3) is 0.895. The molecule has 1 aliphatic rings. The molecule has 1 aliphatic heterocycles. The summed E-state index contributed by atoms with van der Waals surface area (Å²) in [5.41, 5.74) is 0. The van der Waals surface area contributed by atoms with E-state index in [1.54, 1.807) is 0 Å². The Hall–Kier alpha value is 0.906. The zero-order chi connectivity index (χ0) is 19.0. The number of amides is 1. The van der Waals surface area contributed by atoms with Crippen LogP contribution in [0.2, 0.25) is 0 Å². The van der Waals surface area contributed by atoms with Gasteiger partial charge in [-0.2, -0.15) is 0 Å². The number of carbonyl (C=O) groups is 1. The summed E-state index contributed by atoms with van der Waals surface area (Å²) in [4.78, 5) is 13.4. The van der Waals surface area contributed by atoms with E-state index < -0.39 is 0 Å². The Morgan fingerprint density at radius 3 is 2.15 bits per heavy atom. The predicted octanol–water partition coefficient (Wildman–Crippen LogP) is -2.16. The van der Waals surface area contributed by atoms with E-state index in [0.29, 0.717) is 51.7 Å². The van der Waals surface area contributed by atoms with Gasteiger partial charge in [-0.05, 0) is 25.9 Å². The molecule has 0 saturated carbocycles. The fourth-order valence-electron chi connectivity index (χ4n) is 2.88. The van der Waals surface area contributed by atoms with E-state index in [4.69, 9.17) is 14.2 Å². The van der Waals surface area contributed by atoms with Crippen molar-refractivity contribution in [3.05, 3.63) is 6.92 Å². The third-order valence-electron chi connectivity index (χ3n) is 4.25. The maximum atomic E-state index is 11.0. The molecular formula is C19H38KN3O4. The Kier molecular flexibility index (Phi) is 19.5. The van der Waals surface area contributed by atoms with Crippen molar-refractivity contribution in [2.45, 2.75) is 45.2 Å². The van der Waals surface area contributed by atoms with Crippen LogP contribution in [0.25, 0.3) is 0 Å². The monoisotopic (exact) mass is 411 g/mol. The van der Waals surface area contributed by atoms with E-state index in [-0.39, 0.29) is 63.7 Å². The number of nitrogens with zero attached hydrogens (tertiary/aromatic N) is 1. The molecular weight excluding hydrogens is 373 g/mol. The molecule has 0 aromatic rings. The zero-order valence-corrected chi connectivity index (χ0v) is 20.8. The molecule has 0 atom stereocenters. The Morgan fingerprint density at radius 2 is 1.59 bits per heavy atom. The van der Waals surface area contributed by atoms with Gasteiger partial charge in [0.25, 0.3) is 0 Å². The molecule has 1 fully saturated rings. The van der Waals surface area contributed by atoms with Crippen LogP contribution in [0, 0.1) is 6.92 Å². The summed E-state index contributed by atoms with van der Waals surface area (Å²) >= 11 is 0. The molecule has 2 N–H and O–H groups in total. The first-order valence-electron chi connectivity index (χ1n) is 9.89. The minimum atomic E-state index is -0.0569. The average molecular weight is 412 g/mol. The van der Waals surface area contributed by atoms with E-state index in [2.05, 4.69) is 36.3 Å². The number of rotatable bonds is 15. The average Bonchev–Trinajstić information content (AvgIpc) is 2.63. The molecule has 8 heteroatoms. The van der Waals surface area contributed by atoms with Gasteiger partial charge in [0.15, 0.2) is 5.91 Å². The molecule has 0 aromatic heterocycles. The molecule has 27 heavy (non-hydrogen) atoms. The molecule has 0 unspecified atom stereocenters. The van der Waals surface area contributed by atoms with Crippen LogP contribution in [-0.2, 0) is 19.0 Å². The van der Waals surface area contributed by atoms with Gasteiger partial charge in [0.1, 0.15) is 0 Å². The maximum Gasteiger partial charge on any atom is 1.00 e. The quantitative estimate of drug-likeness (QED) is 0.182. The number of hydrogen-bond acceptors (Lipinski definition) is 6. The van der Waals surface area contributed by atoms with Crippen LogP contribution in [-0.4, -0.2) is 88.7 Å². The van der Waals surface area contributed by atoms with Crippen molar-refractivity contribution in [1.82, 2.24) is 15.5 Å². The Labute approximate surface area is 208 Å². The van der Waals surface area contributed by atoms with Crippen LogP contribution in [0.15, 0.2) is 0 Å². The van der Waals surface area contributed by atoms with Gasteiger partial charge in [-0.15, -0.1) is 6.42 Å².